The molecule has 1 aromatic heterocycles. The number of thiophene rings is 1. The first-order valence-electron chi connectivity index (χ1n) is 8.24. The van der Waals surface area contributed by atoms with Gasteiger partial charge in [0.1, 0.15) is 5.54 Å². The van der Waals surface area contributed by atoms with Crippen LogP contribution < -0.4 is 0 Å². The summed E-state index contributed by atoms with van der Waals surface area (Å²) in [6.07, 6.45) is 0.590. The summed E-state index contributed by atoms with van der Waals surface area (Å²) < 4.78 is 0. The fraction of sp³-hybridized carbons (Fsp3) is 0.588. The number of nitriles is 1. The highest BCUT2D eigenvalue weighted by molar-refractivity contribution is 7.08. The van der Waals surface area contributed by atoms with E-state index in [4.69, 9.17) is 5.26 Å². The van der Waals surface area contributed by atoms with Crippen LogP contribution in [0.5, 0.6) is 0 Å². The summed E-state index contributed by atoms with van der Waals surface area (Å²) in [6, 6.07) is 4.12. The fourth-order valence-electron chi connectivity index (χ4n) is 3.72. The van der Waals surface area contributed by atoms with Gasteiger partial charge in [-0.15, -0.1) is 0 Å². The molecule has 0 saturated carbocycles. The highest BCUT2D eigenvalue weighted by Gasteiger charge is 2.54. The number of hydrogen-bond acceptors (Lipinski definition) is 5. The van der Waals surface area contributed by atoms with Crippen molar-refractivity contribution in [1.29, 1.82) is 5.26 Å². The van der Waals surface area contributed by atoms with Crippen LogP contribution in [0, 0.1) is 11.3 Å². The molecule has 24 heavy (non-hydrogen) atoms. The summed E-state index contributed by atoms with van der Waals surface area (Å²) in [7, 11) is 0. The summed E-state index contributed by atoms with van der Waals surface area (Å²) in [6.45, 7) is 6.47. The van der Waals surface area contributed by atoms with Gasteiger partial charge in [0.25, 0.3) is 5.91 Å². The van der Waals surface area contributed by atoms with Crippen LogP contribution in [0.3, 0.4) is 0 Å². The standard InChI is InChI=1S/C17H22N4O2S/c1-13(2)21-9-8-20(7-5-18)17(16(21)23)4-6-19(12-17)15(22)14-3-10-24-11-14/h3,10-11,13H,4,6-9,12H2,1-2H3. The van der Waals surface area contributed by atoms with E-state index < -0.39 is 5.54 Å². The van der Waals surface area contributed by atoms with Gasteiger partial charge in [-0.2, -0.15) is 16.6 Å². The molecule has 1 unspecified atom stereocenters. The highest BCUT2D eigenvalue weighted by Crippen LogP contribution is 2.34. The maximum Gasteiger partial charge on any atom is 0.254 e. The van der Waals surface area contributed by atoms with Crippen LogP contribution in [0.25, 0.3) is 0 Å². The van der Waals surface area contributed by atoms with Crippen molar-refractivity contribution < 1.29 is 9.59 Å². The Labute approximate surface area is 146 Å². The van der Waals surface area contributed by atoms with Gasteiger partial charge in [0.15, 0.2) is 0 Å². The molecule has 2 aliphatic heterocycles. The molecule has 0 N–H and O–H groups in total. The van der Waals surface area contributed by atoms with Gasteiger partial charge >= 0.3 is 0 Å². The minimum absolute atomic E-state index is 0.0282. The summed E-state index contributed by atoms with van der Waals surface area (Å²) in [5, 5.41) is 12.9. The maximum atomic E-state index is 13.2. The van der Waals surface area contributed by atoms with Crippen molar-refractivity contribution in [2.75, 3.05) is 32.7 Å². The van der Waals surface area contributed by atoms with E-state index in [1.54, 1.807) is 4.90 Å². The first-order chi connectivity index (χ1) is 11.5. The normalized spacial score (nSPS) is 24.8. The van der Waals surface area contributed by atoms with E-state index in [0.29, 0.717) is 38.2 Å². The molecular formula is C17H22N4O2S. The van der Waals surface area contributed by atoms with Crippen molar-refractivity contribution >= 4 is 23.2 Å². The van der Waals surface area contributed by atoms with E-state index in [2.05, 4.69) is 6.07 Å². The number of amides is 2. The lowest BCUT2D eigenvalue weighted by Crippen LogP contribution is -2.68. The third-order valence-electron chi connectivity index (χ3n) is 5.06. The predicted octanol–water partition coefficient (Wildman–Crippen LogP) is 1.41. The van der Waals surface area contributed by atoms with Gasteiger partial charge in [-0.25, -0.2) is 0 Å². The average molecular weight is 346 g/mol. The van der Waals surface area contributed by atoms with E-state index in [1.807, 2.05) is 40.5 Å². The van der Waals surface area contributed by atoms with Crippen molar-refractivity contribution in [2.24, 2.45) is 0 Å². The van der Waals surface area contributed by atoms with Gasteiger partial charge in [-0.3, -0.25) is 14.5 Å². The number of rotatable bonds is 3. The molecule has 0 aliphatic carbocycles. The van der Waals surface area contributed by atoms with E-state index in [-0.39, 0.29) is 24.4 Å². The number of carbonyl (C=O) groups is 2. The van der Waals surface area contributed by atoms with Crippen LogP contribution in [-0.2, 0) is 4.79 Å². The molecule has 1 aromatic rings. The molecule has 3 heterocycles. The molecule has 7 heteroatoms. The second-order valence-corrected chi connectivity index (χ2v) is 7.47. The zero-order chi connectivity index (χ0) is 17.3. The topological polar surface area (TPSA) is 67.7 Å². The molecule has 2 saturated heterocycles. The Hall–Kier alpha value is -1.91. The molecule has 128 valence electrons. The Morgan fingerprint density at radius 2 is 2.21 bits per heavy atom. The molecule has 0 bridgehead atoms. The molecule has 0 aromatic carbocycles. The fourth-order valence-corrected chi connectivity index (χ4v) is 4.35. The average Bonchev–Trinajstić information content (AvgIpc) is 3.22. The second kappa shape index (κ2) is 6.54. The van der Waals surface area contributed by atoms with E-state index >= 15 is 0 Å². The molecule has 2 amide bonds. The summed E-state index contributed by atoms with van der Waals surface area (Å²) in [5.41, 5.74) is -0.0722. The third-order valence-corrected chi connectivity index (χ3v) is 5.75. The van der Waals surface area contributed by atoms with Crippen molar-refractivity contribution in [3.63, 3.8) is 0 Å². The van der Waals surface area contributed by atoms with Gasteiger partial charge in [-0.1, -0.05) is 0 Å². The van der Waals surface area contributed by atoms with E-state index in [9.17, 15) is 9.59 Å². The van der Waals surface area contributed by atoms with Crippen LogP contribution in [-0.4, -0.2) is 70.8 Å². The van der Waals surface area contributed by atoms with Crippen LogP contribution in [0.2, 0.25) is 0 Å². The predicted molar refractivity (Wildman–Crippen MR) is 91.6 cm³/mol. The largest absolute Gasteiger partial charge is 0.337 e. The first kappa shape index (κ1) is 16.9. The van der Waals surface area contributed by atoms with Gasteiger partial charge in [0, 0.05) is 37.6 Å². The monoisotopic (exact) mass is 346 g/mol. The Morgan fingerprint density at radius 3 is 2.83 bits per heavy atom. The number of nitrogens with zero attached hydrogens (tertiary/aromatic N) is 4. The minimum atomic E-state index is -0.746. The third kappa shape index (κ3) is 2.70. The van der Waals surface area contributed by atoms with Gasteiger partial charge < -0.3 is 9.80 Å². The Kier molecular flexibility index (Phi) is 4.61. The SMILES string of the molecule is CC(C)N1CCN(CC#N)C2(CCN(C(=O)c3ccsc3)C2)C1=O. The van der Waals surface area contributed by atoms with Crippen molar-refractivity contribution in [3.8, 4) is 6.07 Å². The quantitative estimate of drug-likeness (QED) is 0.776. The smallest absolute Gasteiger partial charge is 0.254 e. The molecule has 3 rings (SSSR count). The lowest BCUT2D eigenvalue weighted by molar-refractivity contribution is -0.152. The van der Waals surface area contributed by atoms with Crippen molar-refractivity contribution in [2.45, 2.75) is 31.8 Å². The van der Waals surface area contributed by atoms with Crippen LogP contribution in [0.15, 0.2) is 16.8 Å². The Balaban J connectivity index is 1.86. The zero-order valence-corrected chi connectivity index (χ0v) is 14.9. The number of carbonyl (C=O) groups excluding carboxylic acids is 2. The number of piperazine rings is 1. The first-order valence-corrected chi connectivity index (χ1v) is 9.18. The lowest BCUT2D eigenvalue weighted by Gasteiger charge is -2.48. The van der Waals surface area contributed by atoms with E-state index in [1.165, 1.54) is 11.3 Å². The highest BCUT2D eigenvalue weighted by atomic mass is 32.1. The number of hydrogen-bond donors (Lipinski definition) is 0. The second-order valence-electron chi connectivity index (χ2n) is 6.69. The van der Waals surface area contributed by atoms with Crippen molar-refractivity contribution in [3.05, 3.63) is 22.4 Å². The molecule has 0 radical (unpaired) electrons. The van der Waals surface area contributed by atoms with Crippen LogP contribution >= 0.6 is 11.3 Å². The van der Waals surface area contributed by atoms with Gasteiger partial charge in [-0.05, 0) is 31.7 Å². The minimum Gasteiger partial charge on any atom is -0.337 e. The van der Waals surface area contributed by atoms with Crippen molar-refractivity contribution in [1.82, 2.24) is 14.7 Å². The molecule has 2 fully saturated rings. The molecular weight excluding hydrogens is 324 g/mol. The van der Waals surface area contributed by atoms with Crippen LogP contribution in [0.1, 0.15) is 30.6 Å². The molecule has 1 spiro atoms. The lowest BCUT2D eigenvalue weighted by atomic mass is 9.90. The Bertz CT molecular complexity index is 667. The van der Waals surface area contributed by atoms with Gasteiger partial charge in [0.2, 0.25) is 5.91 Å². The summed E-state index contributed by atoms with van der Waals surface area (Å²) in [5.74, 6) is 0.0270. The maximum absolute atomic E-state index is 13.2. The van der Waals surface area contributed by atoms with E-state index in [0.717, 1.165) is 0 Å². The summed E-state index contributed by atoms with van der Waals surface area (Å²) >= 11 is 1.49. The molecule has 2 aliphatic rings. The molecule has 1 atom stereocenters. The number of likely N-dealkylation sites (tertiary alicyclic amines) is 1. The van der Waals surface area contributed by atoms with Gasteiger partial charge in [0.05, 0.1) is 18.2 Å². The zero-order valence-electron chi connectivity index (χ0n) is 14.1. The summed E-state index contributed by atoms with van der Waals surface area (Å²) in [4.78, 5) is 31.4. The Morgan fingerprint density at radius 1 is 1.42 bits per heavy atom. The van der Waals surface area contributed by atoms with Crippen LogP contribution in [0.4, 0.5) is 0 Å². The molecule has 6 nitrogen and oxygen atoms in total.